The van der Waals surface area contributed by atoms with E-state index >= 15 is 0 Å². The van der Waals surface area contributed by atoms with E-state index in [1.807, 2.05) is 0 Å². The van der Waals surface area contributed by atoms with E-state index in [1.54, 1.807) is 18.2 Å². The van der Waals surface area contributed by atoms with Gasteiger partial charge in [0, 0.05) is 14.0 Å². The van der Waals surface area contributed by atoms with Gasteiger partial charge in [-0.05, 0) is 12.1 Å². The molecule has 0 aliphatic heterocycles. The van der Waals surface area contributed by atoms with Crippen molar-refractivity contribution in [2.24, 2.45) is 7.05 Å². The predicted molar refractivity (Wildman–Crippen MR) is 62.0 cm³/mol. The number of carbonyl (C=O) groups is 1. The normalized spacial score (nSPS) is 10.7. The maximum atomic E-state index is 11.9. The zero-order chi connectivity index (χ0) is 11.9. The van der Waals surface area contributed by atoms with Crippen molar-refractivity contribution in [2.45, 2.75) is 6.92 Å². The van der Waals surface area contributed by atoms with E-state index in [4.69, 9.17) is 11.6 Å². The smallest absolute Gasteiger partial charge is 0.261 e. The molecule has 1 heterocycles. The van der Waals surface area contributed by atoms with Gasteiger partial charge in [0.25, 0.3) is 5.56 Å². The number of benzene rings is 1. The van der Waals surface area contributed by atoms with Crippen molar-refractivity contribution in [1.82, 2.24) is 9.55 Å². The maximum Gasteiger partial charge on any atom is 0.261 e. The molecular weight excluding hydrogens is 228 g/mol. The fourth-order valence-electron chi connectivity index (χ4n) is 1.57. The van der Waals surface area contributed by atoms with Gasteiger partial charge in [-0.1, -0.05) is 17.7 Å². The molecule has 0 aliphatic carbocycles. The van der Waals surface area contributed by atoms with Crippen molar-refractivity contribution < 1.29 is 4.79 Å². The minimum Gasteiger partial charge on any atom is -0.293 e. The van der Waals surface area contributed by atoms with Gasteiger partial charge in [-0.3, -0.25) is 14.2 Å². The van der Waals surface area contributed by atoms with Crippen LogP contribution in [-0.2, 0) is 7.05 Å². The molecule has 16 heavy (non-hydrogen) atoms. The van der Waals surface area contributed by atoms with Gasteiger partial charge in [0.15, 0.2) is 11.6 Å². The molecule has 0 saturated carbocycles. The Labute approximate surface area is 96.5 Å². The Morgan fingerprint density at radius 1 is 1.44 bits per heavy atom. The zero-order valence-corrected chi connectivity index (χ0v) is 9.58. The van der Waals surface area contributed by atoms with Gasteiger partial charge in [0.2, 0.25) is 0 Å². The molecule has 4 nitrogen and oxygen atoms in total. The number of halogens is 1. The first-order valence-corrected chi connectivity index (χ1v) is 5.06. The van der Waals surface area contributed by atoms with Crippen molar-refractivity contribution in [1.29, 1.82) is 0 Å². The van der Waals surface area contributed by atoms with Gasteiger partial charge in [-0.25, -0.2) is 4.98 Å². The van der Waals surface area contributed by atoms with Crippen LogP contribution in [0, 0.1) is 0 Å². The van der Waals surface area contributed by atoms with Crippen LogP contribution in [0.1, 0.15) is 17.5 Å². The highest BCUT2D eigenvalue weighted by Crippen LogP contribution is 2.18. The molecule has 0 unspecified atom stereocenters. The highest BCUT2D eigenvalue weighted by molar-refractivity contribution is 6.35. The Morgan fingerprint density at radius 2 is 2.12 bits per heavy atom. The third-order valence-electron chi connectivity index (χ3n) is 2.37. The lowest BCUT2D eigenvalue weighted by atomic mass is 10.2. The van der Waals surface area contributed by atoms with E-state index in [1.165, 1.54) is 18.5 Å². The number of rotatable bonds is 1. The number of aromatic nitrogens is 2. The summed E-state index contributed by atoms with van der Waals surface area (Å²) in [6.45, 7) is 1.37. The molecule has 1 aromatic heterocycles. The predicted octanol–water partition coefficient (Wildman–Crippen LogP) is 1.79. The standard InChI is InChI=1S/C11H9ClN2O2/c1-6(15)10-13-9-7(11(16)14(10)2)4-3-5-8(9)12/h3-5H,1-2H3. The summed E-state index contributed by atoms with van der Waals surface area (Å²) in [6.07, 6.45) is 0. The zero-order valence-electron chi connectivity index (χ0n) is 8.82. The first kappa shape index (κ1) is 10.8. The van der Waals surface area contributed by atoms with Gasteiger partial charge in [0.1, 0.15) is 0 Å². The van der Waals surface area contributed by atoms with Crippen LogP contribution >= 0.6 is 11.6 Å². The fourth-order valence-corrected chi connectivity index (χ4v) is 1.79. The summed E-state index contributed by atoms with van der Waals surface area (Å²) in [7, 11) is 1.52. The molecule has 0 aliphatic rings. The summed E-state index contributed by atoms with van der Waals surface area (Å²) in [5, 5.41) is 0.790. The molecule has 0 bridgehead atoms. The topological polar surface area (TPSA) is 52.0 Å². The SMILES string of the molecule is CC(=O)c1nc2c(Cl)cccc2c(=O)n1C. The molecule has 2 rings (SSSR count). The molecule has 0 spiro atoms. The number of fused-ring (bicyclic) bond motifs is 1. The molecule has 0 radical (unpaired) electrons. The lowest BCUT2D eigenvalue weighted by Crippen LogP contribution is -2.24. The van der Waals surface area contributed by atoms with Crippen LogP contribution in [-0.4, -0.2) is 15.3 Å². The van der Waals surface area contributed by atoms with Crippen LogP contribution in [0.4, 0.5) is 0 Å². The van der Waals surface area contributed by atoms with Gasteiger partial charge in [0.05, 0.1) is 15.9 Å². The van der Waals surface area contributed by atoms with Crippen molar-refractivity contribution in [2.75, 3.05) is 0 Å². The van der Waals surface area contributed by atoms with Gasteiger partial charge < -0.3 is 0 Å². The number of carbonyl (C=O) groups excluding carboxylic acids is 1. The third kappa shape index (κ3) is 1.51. The Kier molecular flexibility index (Phi) is 2.52. The average Bonchev–Trinajstić information content (AvgIpc) is 2.23. The third-order valence-corrected chi connectivity index (χ3v) is 2.68. The van der Waals surface area contributed by atoms with Crippen LogP contribution in [0.3, 0.4) is 0 Å². The Morgan fingerprint density at radius 3 is 2.75 bits per heavy atom. The van der Waals surface area contributed by atoms with Crippen LogP contribution in [0.2, 0.25) is 5.02 Å². The van der Waals surface area contributed by atoms with E-state index in [2.05, 4.69) is 4.98 Å². The molecule has 82 valence electrons. The summed E-state index contributed by atoms with van der Waals surface area (Å²) >= 11 is 5.94. The summed E-state index contributed by atoms with van der Waals surface area (Å²) in [5.74, 6) is -0.146. The molecule has 0 saturated heterocycles. The molecule has 0 atom stereocenters. The lowest BCUT2D eigenvalue weighted by molar-refractivity contribution is 0.0999. The maximum absolute atomic E-state index is 11.9. The van der Waals surface area contributed by atoms with Crippen LogP contribution in [0.15, 0.2) is 23.0 Å². The number of ketones is 1. The highest BCUT2D eigenvalue weighted by Gasteiger charge is 2.12. The molecule has 0 N–H and O–H groups in total. The Bertz CT molecular complexity index is 646. The molecular formula is C11H9ClN2O2. The molecule has 0 amide bonds. The number of para-hydroxylation sites is 1. The van der Waals surface area contributed by atoms with Crippen molar-refractivity contribution in [3.63, 3.8) is 0 Å². The van der Waals surface area contributed by atoms with Crippen LogP contribution in [0.5, 0.6) is 0 Å². The van der Waals surface area contributed by atoms with Gasteiger partial charge in [-0.15, -0.1) is 0 Å². The van der Waals surface area contributed by atoms with Gasteiger partial charge >= 0.3 is 0 Å². The van der Waals surface area contributed by atoms with E-state index in [9.17, 15) is 9.59 Å². The fraction of sp³-hybridized carbons (Fsp3) is 0.182. The monoisotopic (exact) mass is 236 g/mol. The lowest BCUT2D eigenvalue weighted by Gasteiger charge is -2.06. The molecule has 5 heteroatoms. The summed E-state index contributed by atoms with van der Waals surface area (Å²) < 4.78 is 1.24. The first-order chi connectivity index (χ1) is 7.52. The second-order valence-corrected chi connectivity index (χ2v) is 3.90. The van der Waals surface area contributed by atoms with Crippen molar-refractivity contribution in [3.8, 4) is 0 Å². The van der Waals surface area contributed by atoms with E-state index in [0.717, 1.165) is 0 Å². The largest absolute Gasteiger partial charge is 0.293 e. The summed E-state index contributed by atoms with van der Waals surface area (Å²) in [5.41, 5.74) is 0.107. The van der Waals surface area contributed by atoms with Crippen molar-refractivity contribution >= 4 is 28.3 Å². The Balaban J connectivity index is 3.01. The minimum absolute atomic E-state index is 0.116. The van der Waals surface area contributed by atoms with E-state index in [0.29, 0.717) is 15.9 Å². The second-order valence-electron chi connectivity index (χ2n) is 3.49. The number of hydrogen-bond acceptors (Lipinski definition) is 3. The molecule has 1 aromatic carbocycles. The quantitative estimate of drug-likeness (QED) is 0.710. The average molecular weight is 237 g/mol. The van der Waals surface area contributed by atoms with E-state index in [-0.39, 0.29) is 17.2 Å². The minimum atomic E-state index is -0.266. The summed E-state index contributed by atoms with van der Waals surface area (Å²) in [6, 6.07) is 4.96. The van der Waals surface area contributed by atoms with Crippen molar-refractivity contribution in [3.05, 3.63) is 39.4 Å². The molecule has 2 aromatic rings. The summed E-state index contributed by atoms with van der Waals surface area (Å²) in [4.78, 5) is 27.3. The van der Waals surface area contributed by atoms with Gasteiger partial charge in [-0.2, -0.15) is 0 Å². The number of Topliss-reactive ketones (excluding diaryl/α,β-unsaturated/α-hetero) is 1. The number of nitrogens with zero attached hydrogens (tertiary/aromatic N) is 2. The van der Waals surface area contributed by atoms with Crippen LogP contribution in [0.25, 0.3) is 10.9 Å². The first-order valence-electron chi connectivity index (χ1n) is 4.68. The second kappa shape index (κ2) is 3.72. The van der Waals surface area contributed by atoms with E-state index < -0.39 is 0 Å². The highest BCUT2D eigenvalue weighted by atomic mass is 35.5. The number of hydrogen-bond donors (Lipinski definition) is 0. The Hall–Kier alpha value is -1.68. The molecule has 0 fully saturated rings. The van der Waals surface area contributed by atoms with Crippen LogP contribution < -0.4 is 5.56 Å².